The van der Waals surface area contributed by atoms with Gasteiger partial charge in [-0.25, -0.2) is 17.6 Å². The van der Waals surface area contributed by atoms with Crippen molar-refractivity contribution in [3.8, 4) is 0 Å². The molecule has 7 heteroatoms. The monoisotopic (exact) mass is 289 g/mol. The number of sulfone groups is 1. The number of benzene rings is 1. The lowest BCUT2D eigenvalue weighted by atomic mass is 10.1. The maximum absolute atomic E-state index is 13.2. The lowest BCUT2D eigenvalue weighted by Gasteiger charge is -2.28. The van der Waals surface area contributed by atoms with Gasteiger partial charge in [-0.05, 0) is 36.6 Å². The molecule has 0 heterocycles. The summed E-state index contributed by atoms with van der Waals surface area (Å²) in [5, 5.41) is 9.15. The first-order valence-corrected chi connectivity index (χ1v) is 7.06. The van der Waals surface area contributed by atoms with Crippen LogP contribution >= 0.6 is 0 Å². The van der Waals surface area contributed by atoms with Crippen molar-refractivity contribution in [2.24, 2.45) is 11.7 Å². The van der Waals surface area contributed by atoms with E-state index >= 15 is 0 Å². The minimum Gasteiger partial charge on any atom is -0.479 e. The number of carboxylic acid groups (broad SMARTS) is 1. The Kier molecular flexibility index (Phi) is 4.02. The Balaban J connectivity index is 3.53. The molecule has 0 aromatic heterocycles. The van der Waals surface area contributed by atoms with Crippen LogP contribution in [0.25, 0.3) is 0 Å². The Bertz CT molecular complexity index is 612. The SMILES string of the molecule is Cc1cc(S(=O)(=O)[C@@](N)(C(=O)O)C(C)C)ccc1F. The maximum Gasteiger partial charge on any atom is 0.340 e. The van der Waals surface area contributed by atoms with E-state index in [0.717, 1.165) is 18.2 Å². The van der Waals surface area contributed by atoms with Crippen molar-refractivity contribution in [2.45, 2.75) is 30.5 Å². The van der Waals surface area contributed by atoms with Gasteiger partial charge in [0.05, 0.1) is 4.90 Å². The van der Waals surface area contributed by atoms with Gasteiger partial charge in [0.25, 0.3) is 0 Å². The Morgan fingerprint density at radius 3 is 2.32 bits per heavy atom. The van der Waals surface area contributed by atoms with Gasteiger partial charge >= 0.3 is 5.97 Å². The highest BCUT2D eigenvalue weighted by Gasteiger charge is 2.51. The quantitative estimate of drug-likeness (QED) is 0.814. The van der Waals surface area contributed by atoms with E-state index in [-0.39, 0.29) is 10.5 Å². The predicted octanol–water partition coefficient (Wildman–Crippen LogP) is 1.30. The van der Waals surface area contributed by atoms with Crippen molar-refractivity contribution in [3.63, 3.8) is 0 Å². The molecule has 3 N–H and O–H groups in total. The molecule has 1 rings (SSSR count). The molecule has 0 unspecified atom stereocenters. The number of carbonyl (C=O) groups is 1. The van der Waals surface area contributed by atoms with E-state index in [1.807, 2.05) is 0 Å². The van der Waals surface area contributed by atoms with Crippen LogP contribution in [0.1, 0.15) is 19.4 Å². The van der Waals surface area contributed by atoms with Crippen LogP contribution in [0.3, 0.4) is 0 Å². The topological polar surface area (TPSA) is 97.5 Å². The van der Waals surface area contributed by atoms with Crippen molar-refractivity contribution >= 4 is 15.8 Å². The van der Waals surface area contributed by atoms with E-state index in [9.17, 15) is 17.6 Å². The first kappa shape index (κ1) is 15.6. The largest absolute Gasteiger partial charge is 0.479 e. The van der Waals surface area contributed by atoms with Gasteiger partial charge in [0, 0.05) is 0 Å². The molecule has 0 aliphatic rings. The van der Waals surface area contributed by atoms with E-state index < -0.39 is 32.4 Å². The summed E-state index contributed by atoms with van der Waals surface area (Å²) in [5.41, 5.74) is 5.71. The van der Waals surface area contributed by atoms with E-state index in [2.05, 4.69) is 0 Å². The van der Waals surface area contributed by atoms with Crippen LogP contribution in [0.5, 0.6) is 0 Å². The fourth-order valence-corrected chi connectivity index (χ4v) is 3.47. The average Bonchev–Trinajstić information content (AvgIpc) is 2.30. The molecule has 0 bridgehead atoms. The van der Waals surface area contributed by atoms with Crippen molar-refractivity contribution in [3.05, 3.63) is 29.6 Å². The summed E-state index contributed by atoms with van der Waals surface area (Å²) in [6, 6.07) is 3.08. The second-order valence-electron chi connectivity index (χ2n) is 4.67. The number of aryl methyl sites for hydroxylation is 1. The van der Waals surface area contributed by atoms with Crippen molar-refractivity contribution in [1.82, 2.24) is 0 Å². The normalized spacial score (nSPS) is 15.3. The van der Waals surface area contributed by atoms with Crippen molar-refractivity contribution in [1.29, 1.82) is 0 Å². The Morgan fingerprint density at radius 1 is 1.42 bits per heavy atom. The fourth-order valence-electron chi connectivity index (χ4n) is 1.65. The van der Waals surface area contributed by atoms with Gasteiger partial charge < -0.3 is 10.8 Å². The summed E-state index contributed by atoms with van der Waals surface area (Å²) >= 11 is 0. The third kappa shape index (κ3) is 2.35. The van der Waals surface area contributed by atoms with Crippen molar-refractivity contribution in [2.75, 3.05) is 0 Å². The number of nitrogens with two attached hydrogens (primary N) is 1. The molecule has 0 amide bonds. The highest BCUT2D eigenvalue weighted by molar-refractivity contribution is 7.93. The molecule has 1 aromatic rings. The van der Waals surface area contributed by atoms with Crippen LogP contribution in [0.2, 0.25) is 0 Å². The van der Waals surface area contributed by atoms with Gasteiger partial charge in [-0.15, -0.1) is 0 Å². The molecular formula is C12H16FNO4S. The van der Waals surface area contributed by atoms with Gasteiger partial charge in [-0.1, -0.05) is 13.8 Å². The third-order valence-electron chi connectivity index (χ3n) is 3.08. The number of hydrogen-bond donors (Lipinski definition) is 2. The van der Waals surface area contributed by atoms with E-state index in [1.165, 1.54) is 20.8 Å². The summed E-state index contributed by atoms with van der Waals surface area (Å²) in [6.07, 6.45) is 0. The smallest absolute Gasteiger partial charge is 0.340 e. The summed E-state index contributed by atoms with van der Waals surface area (Å²) < 4.78 is 37.9. The number of carboxylic acids is 1. The first-order valence-electron chi connectivity index (χ1n) is 5.58. The molecule has 0 saturated carbocycles. The lowest BCUT2D eigenvalue weighted by Crippen LogP contribution is -2.58. The molecule has 19 heavy (non-hydrogen) atoms. The van der Waals surface area contributed by atoms with Gasteiger partial charge in [-0.2, -0.15) is 0 Å². The molecule has 5 nitrogen and oxygen atoms in total. The zero-order chi connectivity index (χ0) is 15.0. The van der Waals surface area contributed by atoms with Gasteiger partial charge in [-0.3, -0.25) is 0 Å². The van der Waals surface area contributed by atoms with Crippen LogP contribution in [0, 0.1) is 18.7 Å². The second-order valence-corrected chi connectivity index (χ2v) is 6.82. The van der Waals surface area contributed by atoms with E-state index in [1.54, 1.807) is 0 Å². The van der Waals surface area contributed by atoms with Crippen LogP contribution in [-0.4, -0.2) is 24.4 Å². The van der Waals surface area contributed by atoms with Gasteiger partial charge in [0.2, 0.25) is 14.7 Å². The molecule has 106 valence electrons. The maximum atomic E-state index is 13.2. The third-order valence-corrected chi connectivity index (χ3v) is 5.49. The van der Waals surface area contributed by atoms with Crippen LogP contribution in [0.15, 0.2) is 23.1 Å². The van der Waals surface area contributed by atoms with Crippen LogP contribution in [-0.2, 0) is 14.6 Å². The molecule has 0 spiro atoms. The van der Waals surface area contributed by atoms with Crippen molar-refractivity contribution < 1.29 is 22.7 Å². The minimum absolute atomic E-state index is 0.109. The summed E-state index contributed by atoms with van der Waals surface area (Å²) in [5.74, 6) is -3.05. The second kappa shape index (κ2) is 4.90. The number of rotatable bonds is 4. The standard InChI is InChI=1S/C12H16FNO4S/c1-7(2)12(14,11(15)16)19(17,18)9-4-5-10(13)8(3)6-9/h4-7H,14H2,1-3H3,(H,15,16)/t12-/m1/s1. The number of halogens is 1. The van der Waals surface area contributed by atoms with Gasteiger partial charge in [0.1, 0.15) is 5.82 Å². The Hall–Kier alpha value is -1.47. The molecule has 0 aliphatic carbocycles. The molecule has 1 aromatic carbocycles. The van der Waals surface area contributed by atoms with Crippen LogP contribution < -0.4 is 5.73 Å². The summed E-state index contributed by atoms with van der Waals surface area (Å²) in [4.78, 5) is 8.51. The van der Waals surface area contributed by atoms with Crippen LogP contribution in [0.4, 0.5) is 4.39 Å². The molecule has 0 aliphatic heterocycles. The lowest BCUT2D eigenvalue weighted by molar-refractivity contribution is -0.141. The Morgan fingerprint density at radius 2 is 1.95 bits per heavy atom. The molecular weight excluding hydrogens is 273 g/mol. The summed E-state index contributed by atoms with van der Waals surface area (Å²) in [7, 11) is -4.33. The zero-order valence-corrected chi connectivity index (χ0v) is 11.7. The highest BCUT2D eigenvalue weighted by Crippen LogP contribution is 2.29. The van der Waals surface area contributed by atoms with E-state index in [0.29, 0.717) is 0 Å². The van der Waals surface area contributed by atoms with E-state index in [4.69, 9.17) is 10.8 Å². The molecule has 0 saturated heterocycles. The molecule has 0 radical (unpaired) electrons. The first-order chi connectivity index (χ1) is 8.55. The molecule has 1 atom stereocenters. The molecule has 0 fully saturated rings. The average molecular weight is 289 g/mol. The summed E-state index contributed by atoms with van der Waals surface area (Å²) in [6.45, 7) is 4.20. The van der Waals surface area contributed by atoms with Gasteiger partial charge in [0.15, 0.2) is 0 Å². The number of aliphatic carboxylic acids is 1. The minimum atomic E-state index is -4.33. The highest BCUT2D eigenvalue weighted by atomic mass is 32.2. The predicted molar refractivity (Wildman–Crippen MR) is 67.7 cm³/mol. The zero-order valence-electron chi connectivity index (χ0n) is 10.8. The number of hydrogen-bond acceptors (Lipinski definition) is 4. The fraction of sp³-hybridized carbons (Fsp3) is 0.417. The Labute approximate surface area is 111 Å².